The number of hydrogen-bond donors (Lipinski definition) is 1. The lowest BCUT2D eigenvalue weighted by Gasteiger charge is -2.30. The quantitative estimate of drug-likeness (QED) is 0.894. The topological polar surface area (TPSA) is 40.5 Å². The molecule has 0 fully saturated rings. The SMILES string of the molecule is CCC(C(=O)O)N(C)C1CCc2c(F)cccc21. The van der Waals surface area contributed by atoms with E-state index in [4.69, 9.17) is 0 Å². The molecule has 0 aliphatic heterocycles. The number of hydrogen-bond acceptors (Lipinski definition) is 2. The average Bonchev–Trinajstić information content (AvgIpc) is 2.74. The summed E-state index contributed by atoms with van der Waals surface area (Å²) in [4.78, 5) is 13.0. The van der Waals surface area contributed by atoms with E-state index in [1.54, 1.807) is 6.07 Å². The highest BCUT2D eigenvalue weighted by Crippen LogP contribution is 2.37. The summed E-state index contributed by atoms with van der Waals surface area (Å²) in [7, 11) is 1.81. The monoisotopic (exact) mass is 251 g/mol. The molecule has 98 valence electrons. The van der Waals surface area contributed by atoms with Gasteiger partial charge in [0.15, 0.2) is 0 Å². The molecule has 1 aliphatic rings. The summed E-state index contributed by atoms with van der Waals surface area (Å²) in [5.74, 6) is -0.989. The maximum Gasteiger partial charge on any atom is 0.320 e. The molecule has 0 spiro atoms. The van der Waals surface area contributed by atoms with Crippen molar-refractivity contribution >= 4 is 5.97 Å². The van der Waals surface area contributed by atoms with E-state index in [9.17, 15) is 14.3 Å². The molecular weight excluding hydrogens is 233 g/mol. The molecular formula is C14H18FNO2. The highest BCUT2D eigenvalue weighted by Gasteiger charge is 2.33. The molecule has 0 radical (unpaired) electrons. The van der Waals surface area contributed by atoms with Crippen LogP contribution in [-0.2, 0) is 11.2 Å². The second-order valence-electron chi connectivity index (χ2n) is 4.79. The average molecular weight is 251 g/mol. The normalized spacial score (nSPS) is 19.9. The van der Waals surface area contributed by atoms with Gasteiger partial charge in [0.25, 0.3) is 0 Å². The van der Waals surface area contributed by atoms with E-state index in [0.717, 1.165) is 17.5 Å². The van der Waals surface area contributed by atoms with Crippen LogP contribution < -0.4 is 0 Å². The molecule has 1 aromatic rings. The lowest BCUT2D eigenvalue weighted by Crippen LogP contribution is -2.39. The first-order chi connectivity index (χ1) is 8.56. The van der Waals surface area contributed by atoms with Gasteiger partial charge in [-0.3, -0.25) is 9.69 Å². The van der Waals surface area contributed by atoms with Crippen molar-refractivity contribution in [2.45, 2.75) is 38.3 Å². The van der Waals surface area contributed by atoms with E-state index in [2.05, 4.69) is 0 Å². The standard InChI is InChI=1S/C14H18FNO2/c1-3-12(14(17)18)16(2)13-8-7-9-10(13)5-4-6-11(9)15/h4-6,12-13H,3,7-8H2,1-2H3,(H,17,18). The van der Waals surface area contributed by atoms with Crippen LogP contribution in [0, 0.1) is 5.82 Å². The number of nitrogens with zero attached hydrogens (tertiary/aromatic N) is 1. The molecule has 1 aromatic carbocycles. The van der Waals surface area contributed by atoms with Crippen molar-refractivity contribution in [3.05, 3.63) is 35.1 Å². The number of carbonyl (C=O) groups is 1. The van der Waals surface area contributed by atoms with Gasteiger partial charge in [-0.05, 0) is 43.5 Å². The molecule has 1 N–H and O–H groups in total. The summed E-state index contributed by atoms with van der Waals surface area (Å²) < 4.78 is 13.6. The van der Waals surface area contributed by atoms with Crippen molar-refractivity contribution in [3.63, 3.8) is 0 Å². The maximum absolute atomic E-state index is 13.6. The molecule has 18 heavy (non-hydrogen) atoms. The first kappa shape index (κ1) is 13.0. The van der Waals surface area contributed by atoms with Gasteiger partial charge in [0.1, 0.15) is 11.9 Å². The summed E-state index contributed by atoms with van der Waals surface area (Å²) >= 11 is 0. The van der Waals surface area contributed by atoms with Crippen LogP contribution in [0.5, 0.6) is 0 Å². The van der Waals surface area contributed by atoms with Crippen molar-refractivity contribution in [2.75, 3.05) is 7.05 Å². The third-order valence-electron chi connectivity index (χ3n) is 3.84. The number of carboxylic acid groups (broad SMARTS) is 1. The molecule has 0 bridgehead atoms. The van der Waals surface area contributed by atoms with Crippen molar-refractivity contribution in [1.29, 1.82) is 0 Å². The first-order valence-corrected chi connectivity index (χ1v) is 6.28. The largest absolute Gasteiger partial charge is 0.480 e. The number of aliphatic carboxylic acids is 1. The Morgan fingerprint density at radius 1 is 1.61 bits per heavy atom. The van der Waals surface area contributed by atoms with Gasteiger partial charge in [-0.2, -0.15) is 0 Å². The number of carboxylic acids is 1. The van der Waals surface area contributed by atoms with Gasteiger partial charge < -0.3 is 5.11 Å². The second kappa shape index (κ2) is 5.06. The minimum atomic E-state index is -0.815. The van der Waals surface area contributed by atoms with Crippen LogP contribution >= 0.6 is 0 Å². The Hall–Kier alpha value is -1.42. The first-order valence-electron chi connectivity index (χ1n) is 6.28. The van der Waals surface area contributed by atoms with Crippen LogP contribution in [-0.4, -0.2) is 29.1 Å². The highest BCUT2D eigenvalue weighted by molar-refractivity contribution is 5.73. The Balaban J connectivity index is 2.28. The highest BCUT2D eigenvalue weighted by atomic mass is 19.1. The van der Waals surface area contributed by atoms with Crippen LogP contribution in [0.1, 0.15) is 36.9 Å². The fourth-order valence-corrected chi connectivity index (χ4v) is 2.86. The van der Waals surface area contributed by atoms with Crippen molar-refractivity contribution in [2.24, 2.45) is 0 Å². The zero-order valence-electron chi connectivity index (χ0n) is 10.7. The smallest absolute Gasteiger partial charge is 0.320 e. The lowest BCUT2D eigenvalue weighted by atomic mass is 10.0. The minimum absolute atomic E-state index is 0.0109. The van der Waals surface area contributed by atoms with Crippen LogP contribution in [0.15, 0.2) is 18.2 Å². The van der Waals surface area contributed by atoms with E-state index in [1.807, 2.05) is 24.9 Å². The number of halogens is 1. The molecule has 4 heteroatoms. The molecule has 2 atom stereocenters. The molecule has 0 amide bonds. The Kier molecular flexibility index (Phi) is 3.66. The molecule has 2 rings (SSSR count). The van der Waals surface area contributed by atoms with Crippen LogP contribution in [0.2, 0.25) is 0 Å². The summed E-state index contributed by atoms with van der Waals surface area (Å²) in [5, 5.41) is 9.19. The molecule has 1 aliphatic carbocycles. The van der Waals surface area contributed by atoms with E-state index < -0.39 is 12.0 Å². The minimum Gasteiger partial charge on any atom is -0.480 e. The predicted molar refractivity (Wildman–Crippen MR) is 66.9 cm³/mol. The maximum atomic E-state index is 13.6. The van der Waals surface area contributed by atoms with Gasteiger partial charge in [0.05, 0.1) is 0 Å². The van der Waals surface area contributed by atoms with Crippen molar-refractivity contribution < 1.29 is 14.3 Å². The summed E-state index contributed by atoms with van der Waals surface area (Å²) in [6, 6.07) is 4.57. The van der Waals surface area contributed by atoms with Crippen molar-refractivity contribution in [1.82, 2.24) is 4.90 Å². The van der Waals surface area contributed by atoms with Crippen LogP contribution in [0.4, 0.5) is 4.39 Å². The van der Waals surface area contributed by atoms with Crippen LogP contribution in [0.3, 0.4) is 0 Å². The third-order valence-corrected chi connectivity index (χ3v) is 3.84. The predicted octanol–water partition coefficient (Wildman–Crippen LogP) is 2.61. The molecule has 0 saturated heterocycles. The van der Waals surface area contributed by atoms with Gasteiger partial charge in [0, 0.05) is 6.04 Å². The van der Waals surface area contributed by atoms with E-state index in [0.29, 0.717) is 12.8 Å². The van der Waals surface area contributed by atoms with Gasteiger partial charge in [-0.15, -0.1) is 0 Å². The number of benzene rings is 1. The Morgan fingerprint density at radius 3 is 2.94 bits per heavy atom. The molecule has 0 aromatic heterocycles. The summed E-state index contributed by atoms with van der Waals surface area (Å²) in [6.45, 7) is 1.86. The van der Waals surface area contributed by atoms with E-state index >= 15 is 0 Å². The molecule has 0 saturated carbocycles. The van der Waals surface area contributed by atoms with Gasteiger partial charge in [-0.1, -0.05) is 19.1 Å². The van der Waals surface area contributed by atoms with Gasteiger partial charge >= 0.3 is 5.97 Å². The number of rotatable bonds is 4. The fraction of sp³-hybridized carbons (Fsp3) is 0.500. The Labute approximate surface area is 106 Å². The van der Waals surface area contributed by atoms with Crippen molar-refractivity contribution in [3.8, 4) is 0 Å². The number of likely N-dealkylation sites (N-methyl/N-ethyl adjacent to an activating group) is 1. The van der Waals surface area contributed by atoms with Crippen LogP contribution in [0.25, 0.3) is 0 Å². The fourth-order valence-electron chi connectivity index (χ4n) is 2.86. The Morgan fingerprint density at radius 2 is 2.33 bits per heavy atom. The zero-order valence-corrected chi connectivity index (χ0v) is 10.7. The third kappa shape index (κ3) is 2.12. The molecule has 0 heterocycles. The number of fused-ring (bicyclic) bond motifs is 1. The van der Waals surface area contributed by atoms with E-state index in [-0.39, 0.29) is 11.9 Å². The summed E-state index contributed by atoms with van der Waals surface area (Å²) in [6.07, 6.45) is 2.02. The van der Waals surface area contributed by atoms with Gasteiger partial charge in [0.2, 0.25) is 0 Å². The lowest BCUT2D eigenvalue weighted by molar-refractivity contribution is -0.143. The van der Waals surface area contributed by atoms with E-state index in [1.165, 1.54) is 6.07 Å². The molecule has 2 unspecified atom stereocenters. The zero-order chi connectivity index (χ0) is 13.3. The second-order valence-corrected chi connectivity index (χ2v) is 4.79. The van der Waals surface area contributed by atoms with Gasteiger partial charge in [-0.25, -0.2) is 4.39 Å². The molecule has 3 nitrogen and oxygen atoms in total. The Bertz CT molecular complexity index is 461. The summed E-state index contributed by atoms with van der Waals surface area (Å²) in [5.41, 5.74) is 1.69.